The van der Waals surface area contributed by atoms with Crippen LogP contribution < -0.4 is 5.32 Å². The molecule has 3 heterocycles. The van der Waals surface area contributed by atoms with E-state index in [1.54, 1.807) is 5.56 Å². The maximum absolute atomic E-state index is 3.75. The number of aromatic nitrogens is 1. The molecular weight excluding hydrogens is 312 g/mol. The van der Waals surface area contributed by atoms with Gasteiger partial charge in [0.2, 0.25) is 0 Å². The van der Waals surface area contributed by atoms with Gasteiger partial charge in [-0.3, -0.25) is 0 Å². The molecule has 3 heteroatoms. The van der Waals surface area contributed by atoms with Gasteiger partial charge in [-0.05, 0) is 84.2 Å². The van der Waals surface area contributed by atoms with Crippen molar-refractivity contribution in [3.63, 3.8) is 0 Å². The van der Waals surface area contributed by atoms with Gasteiger partial charge in [0.1, 0.15) is 0 Å². The molecule has 2 nitrogen and oxygen atoms in total. The summed E-state index contributed by atoms with van der Waals surface area (Å²) < 4.78 is 3.68. The molecule has 0 amide bonds. The van der Waals surface area contributed by atoms with Gasteiger partial charge in [-0.2, -0.15) is 0 Å². The highest BCUT2D eigenvalue weighted by Crippen LogP contribution is 2.34. The van der Waals surface area contributed by atoms with Crippen molar-refractivity contribution in [2.24, 2.45) is 5.92 Å². The van der Waals surface area contributed by atoms with E-state index in [0.29, 0.717) is 0 Å². The van der Waals surface area contributed by atoms with E-state index < -0.39 is 0 Å². The summed E-state index contributed by atoms with van der Waals surface area (Å²) in [6.07, 6.45) is 8.72. The summed E-state index contributed by atoms with van der Waals surface area (Å²) in [5.74, 6) is 0.817. The Morgan fingerprint density at radius 3 is 3.10 bits per heavy atom. The predicted octanol–water partition coefficient (Wildman–Crippen LogP) is 3.89. The lowest BCUT2D eigenvalue weighted by Gasteiger charge is -2.23. The largest absolute Gasteiger partial charge is 0.346 e. The van der Waals surface area contributed by atoms with Crippen LogP contribution in [0.25, 0.3) is 10.9 Å². The van der Waals surface area contributed by atoms with E-state index in [4.69, 9.17) is 0 Å². The number of nitrogens with one attached hydrogen (secondary N) is 1. The zero-order valence-electron chi connectivity index (χ0n) is 11.8. The number of benzene rings is 1. The van der Waals surface area contributed by atoms with Crippen molar-refractivity contribution in [2.45, 2.75) is 38.6 Å². The Bertz CT molecular complexity index is 638. The van der Waals surface area contributed by atoms with Crippen LogP contribution in [0.5, 0.6) is 0 Å². The molecule has 1 fully saturated rings. The molecule has 1 atom stereocenters. The second-order valence-corrected chi connectivity index (χ2v) is 7.20. The van der Waals surface area contributed by atoms with Crippen molar-refractivity contribution in [1.82, 2.24) is 9.88 Å². The van der Waals surface area contributed by atoms with Crippen molar-refractivity contribution in [1.29, 1.82) is 0 Å². The van der Waals surface area contributed by atoms with Gasteiger partial charge in [0.15, 0.2) is 0 Å². The molecule has 1 aromatic carbocycles. The lowest BCUT2D eigenvalue weighted by molar-refractivity contribution is 0.376. The maximum Gasteiger partial charge on any atom is 0.0524 e. The third-order valence-corrected chi connectivity index (χ3v) is 5.46. The molecule has 1 saturated heterocycles. The fourth-order valence-electron chi connectivity index (χ4n) is 3.91. The highest BCUT2D eigenvalue weighted by atomic mass is 79.9. The Morgan fingerprint density at radius 2 is 2.25 bits per heavy atom. The Balaban J connectivity index is 1.72. The van der Waals surface area contributed by atoms with Gasteiger partial charge in [-0.1, -0.05) is 6.07 Å². The average molecular weight is 333 g/mol. The highest BCUT2D eigenvalue weighted by molar-refractivity contribution is 9.10. The predicted molar refractivity (Wildman–Crippen MR) is 87.3 cm³/mol. The molecule has 1 N–H and O–H groups in total. The minimum atomic E-state index is 0.817. The first kappa shape index (κ1) is 12.9. The van der Waals surface area contributed by atoms with E-state index in [2.05, 4.69) is 44.1 Å². The molecule has 0 saturated carbocycles. The average Bonchev–Trinajstić information content (AvgIpc) is 2.78. The van der Waals surface area contributed by atoms with Gasteiger partial charge < -0.3 is 9.88 Å². The first-order valence-electron chi connectivity index (χ1n) is 7.82. The number of hydrogen-bond donors (Lipinski definition) is 1. The summed E-state index contributed by atoms with van der Waals surface area (Å²) in [4.78, 5) is 0. The van der Waals surface area contributed by atoms with E-state index in [1.807, 2.05) is 0 Å². The summed E-state index contributed by atoms with van der Waals surface area (Å²) in [5, 5.41) is 4.95. The third-order valence-electron chi connectivity index (χ3n) is 4.83. The monoisotopic (exact) mass is 332 g/mol. The molecule has 4 rings (SSSR count). The summed E-state index contributed by atoms with van der Waals surface area (Å²) in [6.45, 7) is 3.56. The Morgan fingerprint density at radius 1 is 1.30 bits per heavy atom. The zero-order chi connectivity index (χ0) is 13.5. The molecular formula is C17H21BrN2. The van der Waals surface area contributed by atoms with Crippen molar-refractivity contribution >= 4 is 26.8 Å². The van der Waals surface area contributed by atoms with Gasteiger partial charge in [0.05, 0.1) is 5.52 Å². The molecule has 0 spiro atoms. The van der Waals surface area contributed by atoms with Crippen LogP contribution >= 0.6 is 15.9 Å². The van der Waals surface area contributed by atoms with Crippen LogP contribution in [0.15, 0.2) is 22.8 Å². The van der Waals surface area contributed by atoms with Crippen LogP contribution in [0.4, 0.5) is 0 Å². The molecule has 2 aliphatic rings. The minimum Gasteiger partial charge on any atom is -0.346 e. The number of nitrogens with zero attached hydrogens (tertiary/aromatic N) is 1. The topological polar surface area (TPSA) is 17.0 Å². The quantitative estimate of drug-likeness (QED) is 0.882. The lowest BCUT2D eigenvalue weighted by atomic mass is 9.90. The SMILES string of the molecule is Brc1cn2c3c(cc(CC4CCCNC4)cc13)CCC2. The van der Waals surface area contributed by atoms with Gasteiger partial charge in [-0.25, -0.2) is 0 Å². The van der Waals surface area contributed by atoms with Gasteiger partial charge in [-0.15, -0.1) is 0 Å². The number of piperidine rings is 1. The van der Waals surface area contributed by atoms with Crippen LogP contribution in [0.1, 0.15) is 30.4 Å². The molecule has 1 aromatic heterocycles. The van der Waals surface area contributed by atoms with E-state index >= 15 is 0 Å². The van der Waals surface area contributed by atoms with Crippen molar-refractivity contribution in [3.8, 4) is 0 Å². The lowest BCUT2D eigenvalue weighted by Crippen LogP contribution is -2.30. The van der Waals surface area contributed by atoms with E-state index in [1.165, 1.54) is 72.7 Å². The molecule has 1 unspecified atom stereocenters. The van der Waals surface area contributed by atoms with Crippen LogP contribution in [0.2, 0.25) is 0 Å². The fraction of sp³-hybridized carbons (Fsp3) is 0.529. The first-order chi connectivity index (χ1) is 9.81. The third kappa shape index (κ3) is 2.21. The van der Waals surface area contributed by atoms with Gasteiger partial charge in [0, 0.05) is 22.6 Å². The molecule has 20 heavy (non-hydrogen) atoms. The number of halogens is 1. The van der Waals surface area contributed by atoms with E-state index in [9.17, 15) is 0 Å². The summed E-state index contributed by atoms with van der Waals surface area (Å²) in [7, 11) is 0. The van der Waals surface area contributed by atoms with E-state index in [0.717, 1.165) is 5.92 Å². The van der Waals surface area contributed by atoms with Crippen LogP contribution in [0, 0.1) is 5.92 Å². The fourth-order valence-corrected chi connectivity index (χ4v) is 4.46. The summed E-state index contributed by atoms with van der Waals surface area (Å²) in [6, 6.07) is 4.89. The molecule has 0 bridgehead atoms. The van der Waals surface area contributed by atoms with Crippen LogP contribution in [-0.2, 0) is 19.4 Å². The number of aryl methyl sites for hydroxylation is 2. The van der Waals surface area contributed by atoms with Crippen LogP contribution in [-0.4, -0.2) is 17.7 Å². The van der Waals surface area contributed by atoms with Gasteiger partial charge >= 0.3 is 0 Å². The molecule has 2 aromatic rings. The second-order valence-electron chi connectivity index (χ2n) is 6.34. The number of rotatable bonds is 2. The van der Waals surface area contributed by atoms with Gasteiger partial charge in [0.25, 0.3) is 0 Å². The van der Waals surface area contributed by atoms with Crippen LogP contribution in [0.3, 0.4) is 0 Å². The first-order valence-corrected chi connectivity index (χ1v) is 8.61. The summed E-state index contributed by atoms with van der Waals surface area (Å²) >= 11 is 3.75. The highest BCUT2D eigenvalue weighted by Gasteiger charge is 2.18. The molecule has 106 valence electrons. The maximum atomic E-state index is 3.75. The smallest absolute Gasteiger partial charge is 0.0524 e. The Labute approximate surface area is 128 Å². The standard InChI is InChI=1S/C17H21BrN2/c18-16-11-20-6-2-4-14-8-13(9-15(16)17(14)20)7-12-3-1-5-19-10-12/h8-9,11-12,19H,1-7,10H2. The second kappa shape index (κ2) is 5.19. The number of hydrogen-bond acceptors (Lipinski definition) is 1. The van der Waals surface area contributed by atoms with Crippen molar-refractivity contribution < 1.29 is 0 Å². The molecule has 0 aliphatic carbocycles. The normalized spacial score (nSPS) is 22.4. The van der Waals surface area contributed by atoms with Crippen molar-refractivity contribution in [2.75, 3.05) is 13.1 Å². The summed E-state index contributed by atoms with van der Waals surface area (Å²) in [5.41, 5.74) is 4.55. The molecule has 2 aliphatic heterocycles. The Hall–Kier alpha value is -0.800. The Kier molecular flexibility index (Phi) is 3.35. The minimum absolute atomic E-state index is 0.817. The molecule has 0 radical (unpaired) electrons. The van der Waals surface area contributed by atoms with Crippen molar-refractivity contribution in [3.05, 3.63) is 33.9 Å². The van der Waals surface area contributed by atoms with E-state index in [-0.39, 0.29) is 0 Å². The zero-order valence-corrected chi connectivity index (χ0v) is 13.4.